The quantitative estimate of drug-likeness (QED) is 0.171. The highest BCUT2D eigenvalue weighted by Crippen LogP contribution is 2.27. The first-order valence-corrected chi connectivity index (χ1v) is 16.6. The Kier molecular flexibility index (Phi) is 8.21. The first-order valence-electron chi connectivity index (χ1n) is 16.6. The van der Waals surface area contributed by atoms with Crippen molar-refractivity contribution in [3.63, 3.8) is 0 Å². The van der Waals surface area contributed by atoms with Gasteiger partial charge in [0.1, 0.15) is 5.82 Å². The molecule has 0 bridgehead atoms. The van der Waals surface area contributed by atoms with Crippen LogP contribution in [0, 0.1) is 0 Å². The van der Waals surface area contributed by atoms with Crippen LogP contribution in [0.2, 0.25) is 0 Å². The molecule has 0 saturated heterocycles. The summed E-state index contributed by atoms with van der Waals surface area (Å²) in [6, 6.07) is 37.5. The Morgan fingerprint density at radius 1 is 0.510 bits per heavy atom. The molecule has 0 aliphatic heterocycles. The average molecular weight is 668 g/mol. The third-order valence-electron chi connectivity index (χ3n) is 9.10. The third-order valence-corrected chi connectivity index (χ3v) is 9.10. The maximum atomic E-state index is 13.5. The molecule has 4 aromatic carbocycles. The van der Waals surface area contributed by atoms with Gasteiger partial charge in [-0.25, -0.2) is 15.0 Å². The van der Waals surface area contributed by atoms with E-state index in [2.05, 4.69) is 38.1 Å². The van der Waals surface area contributed by atoms with Gasteiger partial charge in [-0.1, -0.05) is 66.7 Å². The summed E-state index contributed by atoms with van der Waals surface area (Å²) in [5, 5.41) is 1.16. The van der Waals surface area contributed by atoms with Gasteiger partial charge >= 0.3 is 0 Å². The number of aromatic nitrogens is 6. The van der Waals surface area contributed by atoms with Gasteiger partial charge in [0.05, 0.1) is 53.2 Å². The van der Waals surface area contributed by atoms with E-state index in [1.165, 1.54) is 0 Å². The van der Waals surface area contributed by atoms with E-state index < -0.39 is 0 Å². The molecule has 0 unspecified atom stereocenters. The van der Waals surface area contributed by atoms with Crippen LogP contribution >= 0.6 is 0 Å². The van der Waals surface area contributed by atoms with E-state index in [0.29, 0.717) is 34.9 Å². The Bertz CT molecular complexity index is 2660. The Morgan fingerprint density at radius 3 is 1.71 bits per heavy atom. The molecule has 248 valence electrons. The lowest BCUT2D eigenvalue weighted by atomic mass is 10.0. The predicted octanol–water partition coefficient (Wildman–Crippen LogP) is 7.06. The van der Waals surface area contributed by atoms with Crippen molar-refractivity contribution in [1.82, 2.24) is 29.1 Å². The largest absolute Gasteiger partial charge is 0.363 e. The second-order valence-electron chi connectivity index (χ2n) is 12.7. The fourth-order valence-electron chi connectivity index (χ4n) is 6.26. The fourth-order valence-corrected chi connectivity index (χ4v) is 6.26. The molecule has 0 radical (unpaired) electrons. The fraction of sp³-hybridized carbons (Fsp3) is 0.0952. The number of para-hydroxylation sites is 1. The Morgan fingerprint density at radius 2 is 1.06 bits per heavy atom. The molecule has 9 nitrogen and oxygen atoms in total. The topological polar surface area (TPSA) is 98.8 Å². The molecule has 0 amide bonds. The van der Waals surface area contributed by atoms with Crippen molar-refractivity contribution in [3.05, 3.63) is 172 Å². The minimum Gasteiger partial charge on any atom is -0.363 e. The highest BCUT2D eigenvalue weighted by atomic mass is 16.1. The first kappa shape index (κ1) is 31.5. The van der Waals surface area contributed by atoms with Crippen molar-refractivity contribution >= 4 is 27.6 Å². The summed E-state index contributed by atoms with van der Waals surface area (Å²) in [6.07, 6.45) is 6.82. The highest BCUT2D eigenvalue weighted by Gasteiger charge is 2.11. The molecule has 4 heterocycles. The van der Waals surface area contributed by atoms with Crippen LogP contribution < -0.4 is 16.0 Å². The smallest absolute Gasteiger partial charge is 0.261 e. The number of pyridine rings is 2. The molecule has 51 heavy (non-hydrogen) atoms. The standard InChI is InChI=1S/C42H33N7O2/c1-47(2)40-23-33(18-20-44-40)31-13-9-29(10-14-31)25-49-27-46-39-22-34(15-16-36(39)42(49)51)38-21-32(17-19-43-38)30-11-7-28(8-12-30)24-48-26-45-37-6-4-3-5-35(37)41(48)50/h3-23,26-27H,24-25H2,1-2H3. The van der Waals surface area contributed by atoms with Crippen LogP contribution in [-0.2, 0) is 13.1 Å². The van der Waals surface area contributed by atoms with Crippen molar-refractivity contribution < 1.29 is 0 Å². The normalized spacial score (nSPS) is 11.3. The van der Waals surface area contributed by atoms with Gasteiger partial charge in [0.15, 0.2) is 0 Å². The van der Waals surface area contributed by atoms with Crippen LogP contribution in [0.15, 0.2) is 150 Å². The van der Waals surface area contributed by atoms with Crippen molar-refractivity contribution in [2.45, 2.75) is 13.1 Å². The summed E-state index contributed by atoms with van der Waals surface area (Å²) < 4.78 is 3.27. The molecule has 4 aromatic heterocycles. The van der Waals surface area contributed by atoms with Crippen LogP contribution in [0.25, 0.3) is 55.3 Å². The number of benzene rings is 4. The molecule has 0 spiro atoms. The lowest BCUT2D eigenvalue weighted by Gasteiger charge is -2.12. The lowest BCUT2D eigenvalue weighted by Crippen LogP contribution is -2.21. The van der Waals surface area contributed by atoms with E-state index in [1.807, 2.05) is 116 Å². The minimum absolute atomic E-state index is 0.0571. The molecule has 8 aromatic rings. The number of hydrogen-bond acceptors (Lipinski definition) is 7. The van der Waals surface area contributed by atoms with Crippen molar-refractivity contribution in [1.29, 1.82) is 0 Å². The predicted molar refractivity (Wildman–Crippen MR) is 203 cm³/mol. The van der Waals surface area contributed by atoms with Crippen LogP contribution in [0.1, 0.15) is 11.1 Å². The zero-order valence-electron chi connectivity index (χ0n) is 28.1. The number of fused-ring (bicyclic) bond motifs is 2. The molecule has 0 fully saturated rings. The number of anilines is 1. The summed E-state index contributed by atoms with van der Waals surface area (Å²) in [6.45, 7) is 0.850. The van der Waals surface area contributed by atoms with E-state index in [9.17, 15) is 9.59 Å². The minimum atomic E-state index is -0.0936. The molecule has 9 heteroatoms. The van der Waals surface area contributed by atoms with Gasteiger partial charge in [0, 0.05) is 32.1 Å². The van der Waals surface area contributed by atoms with Crippen molar-refractivity contribution in [3.8, 4) is 33.5 Å². The molecule has 0 aliphatic rings. The van der Waals surface area contributed by atoms with E-state index in [1.54, 1.807) is 34.1 Å². The van der Waals surface area contributed by atoms with Crippen LogP contribution in [0.4, 0.5) is 5.82 Å². The molecular formula is C42H33N7O2. The van der Waals surface area contributed by atoms with Crippen LogP contribution in [-0.4, -0.2) is 43.2 Å². The zero-order valence-corrected chi connectivity index (χ0v) is 28.1. The molecule has 0 aliphatic carbocycles. The van der Waals surface area contributed by atoms with Gasteiger partial charge < -0.3 is 4.90 Å². The number of hydrogen-bond donors (Lipinski definition) is 0. The summed E-state index contributed by atoms with van der Waals surface area (Å²) in [5.41, 5.74) is 9.03. The lowest BCUT2D eigenvalue weighted by molar-refractivity contribution is 0.748. The Balaban J connectivity index is 0.989. The van der Waals surface area contributed by atoms with E-state index >= 15 is 0 Å². The summed E-state index contributed by atoms with van der Waals surface area (Å²) in [4.78, 5) is 46.5. The Labute approximate surface area is 293 Å². The molecule has 0 saturated carbocycles. The molecule has 0 atom stereocenters. The summed E-state index contributed by atoms with van der Waals surface area (Å²) in [5.74, 6) is 0.898. The average Bonchev–Trinajstić information content (AvgIpc) is 3.18. The second-order valence-corrected chi connectivity index (χ2v) is 12.7. The maximum absolute atomic E-state index is 13.5. The van der Waals surface area contributed by atoms with Gasteiger partial charge in [0.25, 0.3) is 11.1 Å². The molecular weight excluding hydrogens is 635 g/mol. The Hall–Kier alpha value is -6.74. The monoisotopic (exact) mass is 667 g/mol. The zero-order chi connectivity index (χ0) is 34.9. The van der Waals surface area contributed by atoms with Gasteiger partial charge in [-0.2, -0.15) is 0 Å². The van der Waals surface area contributed by atoms with Gasteiger partial charge in [-0.3, -0.25) is 23.7 Å². The maximum Gasteiger partial charge on any atom is 0.261 e. The molecule has 8 rings (SSSR count). The first-order chi connectivity index (χ1) is 24.9. The van der Waals surface area contributed by atoms with Gasteiger partial charge in [0.2, 0.25) is 0 Å². The van der Waals surface area contributed by atoms with Crippen LogP contribution in [0.5, 0.6) is 0 Å². The van der Waals surface area contributed by atoms with Crippen molar-refractivity contribution in [2.24, 2.45) is 0 Å². The van der Waals surface area contributed by atoms with Crippen LogP contribution in [0.3, 0.4) is 0 Å². The van der Waals surface area contributed by atoms with E-state index in [0.717, 1.165) is 50.5 Å². The number of nitrogens with zero attached hydrogens (tertiary/aromatic N) is 7. The van der Waals surface area contributed by atoms with E-state index in [-0.39, 0.29) is 11.1 Å². The SMILES string of the molecule is CN(C)c1cc(-c2ccc(Cn3cnc4cc(-c5cc(-c6ccc(Cn7cnc8ccccc8c7=O)cc6)ccn5)ccc4c3=O)cc2)ccn1. The second kappa shape index (κ2) is 13.3. The molecule has 0 N–H and O–H groups in total. The van der Waals surface area contributed by atoms with Gasteiger partial charge in [-0.05, 0) is 81.9 Å². The number of rotatable bonds is 8. The summed E-state index contributed by atoms with van der Waals surface area (Å²) >= 11 is 0. The highest BCUT2D eigenvalue weighted by molar-refractivity contribution is 5.83. The summed E-state index contributed by atoms with van der Waals surface area (Å²) in [7, 11) is 3.94. The van der Waals surface area contributed by atoms with E-state index in [4.69, 9.17) is 0 Å². The third kappa shape index (κ3) is 6.40. The van der Waals surface area contributed by atoms with Crippen molar-refractivity contribution in [2.75, 3.05) is 19.0 Å². The van der Waals surface area contributed by atoms with Gasteiger partial charge in [-0.15, -0.1) is 0 Å².